The third-order valence-corrected chi connectivity index (χ3v) is 9.04. The maximum Gasteiger partial charge on any atom is 0.515 e. The molecule has 0 aliphatic carbocycles. The van der Waals surface area contributed by atoms with Crippen molar-refractivity contribution in [3.05, 3.63) is 106 Å². The summed E-state index contributed by atoms with van der Waals surface area (Å²) in [6.07, 6.45) is -1.31. The molecule has 0 spiro atoms. The summed E-state index contributed by atoms with van der Waals surface area (Å²) >= 11 is 13.1. The Labute approximate surface area is 257 Å². The summed E-state index contributed by atoms with van der Waals surface area (Å²) in [5.41, 5.74) is -2.79. The number of fused-ring (bicyclic) bond motifs is 1. The average Bonchev–Trinajstić information content (AvgIpc) is 3.24. The van der Waals surface area contributed by atoms with Crippen molar-refractivity contribution in [2.24, 2.45) is 0 Å². The minimum Gasteiger partial charge on any atom is -0.497 e. The molecule has 222 valence electrons. The number of halogens is 2. The number of carbonyl (C=O) groups excluding carboxylic acids is 2. The van der Waals surface area contributed by atoms with Crippen molar-refractivity contribution < 1.29 is 41.7 Å². The molecule has 0 N–H and O–H groups in total. The van der Waals surface area contributed by atoms with Crippen LogP contribution in [0.15, 0.2) is 89.8 Å². The van der Waals surface area contributed by atoms with Gasteiger partial charge in [0.25, 0.3) is 15.9 Å². The van der Waals surface area contributed by atoms with E-state index in [0.29, 0.717) is 10.1 Å². The van der Waals surface area contributed by atoms with Crippen molar-refractivity contribution in [3.8, 4) is 23.0 Å². The van der Waals surface area contributed by atoms with Gasteiger partial charge in [0.2, 0.25) is 5.60 Å². The Bertz CT molecular complexity index is 1830. The smallest absolute Gasteiger partial charge is 0.497 e. The summed E-state index contributed by atoms with van der Waals surface area (Å²) in [6, 6.07) is 20.5. The zero-order chi connectivity index (χ0) is 30.9. The molecule has 0 radical (unpaired) electrons. The van der Waals surface area contributed by atoms with E-state index in [4.69, 9.17) is 46.9 Å². The van der Waals surface area contributed by atoms with E-state index in [1.165, 1.54) is 75.9 Å². The molecule has 1 unspecified atom stereocenters. The van der Waals surface area contributed by atoms with Crippen molar-refractivity contribution in [3.63, 3.8) is 0 Å². The van der Waals surface area contributed by atoms with Gasteiger partial charge in [-0.05, 0) is 36.4 Å². The lowest BCUT2D eigenvalue weighted by Crippen LogP contribution is -2.47. The second kappa shape index (κ2) is 11.7. The molecule has 0 saturated heterocycles. The molecule has 5 rings (SSSR count). The van der Waals surface area contributed by atoms with Crippen LogP contribution in [0.2, 0.25) is 10.0 Å². The number of ether oxygens (including phenoxy) is 5. The Kier molecular flexibility index (Phi) is 8.15. The van der Waals surface area contributed by atoms with E-state index in [9.17, 15) is 18.0 Å². The summed E-state index contributed by atoms with van der Waals surface area (Å²) < 4.78 is 56.3. The highest BCUT2D eigenvalue weighted by Gasteiger charge is 2.61. The molecule has 4 aromatic rings. The predicted octanol–water partition coefficient (Wildman–Crippen LogP) is 6.21. The van der Waals surface area contributed by atoms with Gasteiger partial charge in [-0.15, -0.1) is 0 Å². The molecular formula is C30H23Cl2NO9S. The van der Waals surface area contributed by atoms with Crippen molar-refractivity contribution in [2.45, 2.75) is 10.5 Å². The first-order valence-corrected chi connectivity index (χ1v) is 14.7. The first-order chi connectivity index (χ1) is 20.6. The third kappa shape index (κ3) is 5.09. The molecule has 0 bridgehead atoms. The summed E-state index contributed by atoms with van der Waals surface area (Å²) in [5, 5.41) is 0.00862. The van der Waals surface area contributed by atoms with Crippen LogP contribution in [-0.4, -0.2) is 41.8 Å². The fourth-order valence-electron chi connectivity index (χ4n) is 4.73. The maximum absolute atomic E-state index is 14.7. The van der Waals surface area contributed by atoms with E-state index >= 15 is 0 Å². The number of carbonyl (C=O) groups is 2. The van der Waals surface area contributed by atoms with Crippen LogP contribution >= 0.6 is 23.2 Å². The number of anilines is 1. The van der Waals surface area contributed by atoms with E-state index in [2.05, 4.69) is 0 Å². The molecule has 4 aromatic carbocycles. The Morgan fingerprint density at radius 2 is 1.42 bits per heavy atom. The zero-order valence-corrected chi connectivity index (χ0v) is 25.2. The molecule has 1 heterocycles. The van der Waals surface area contributed by atoms with E-state index in [0.717, 1.165) is 0 Å². The molecule has 1 aliphatic rings. The minimum atomic E-state index is -4.76. The molecule has 0 aromatic heterocycles. The van der Waals surface area contributed by atoms with E-state index < -0.39 is 27.7 Å². The lowest BCUT2D eigenvalue weighted by atomic mass is 9.87. The topological polar surface area (TPSA) is 118 Å². The molecule has 13 heteroatoms. The van der Waals surface area contributed by atoms with Gasteiger partial charge in [-0.2, -0.15) is 4.31 Å². The van der Waals surface area contributed by atoms with Gasteiger partial charge >= 0.3 is 6.16 Å². The zero-order valence-electron chi connectivity index (χ0n) is 22.9. The van der Waals surface area contributed by atoms with Crippen molar-refractivity contribution in [2.75, 3.05) is 25.6 Å². The van der Waals surface area contributed by atoms with Gasteiger partial charge in [0.15, 0.2) is 0 Å². The molecule has 1 amide bonds. The summed E-state index contributed by atoms with van der Waals surface area (Å²) in [5.74, 6) is -0.809. The summed E-state index contributed by atoms with van der Waals surface area (Å²) in [7, 11) is -0.763. The Balaban J connectivity index is 1.78. The normalized spacial score (nSPS) is 15.9. The standard InChI is InChI=1S/C30H23Cl2NO9S/c1-38-19-13-14-27(26(15-19)40-3)43(36,37)33-24-17-25(39-2)23(32)16-21(24)30(28(33)34,20-11-7-8-12-22(20)31)42-29(35)41-18-9-5-4-6-10-18/h4-17H,1-3H3. The Hall–Kier alpha value is -4.45. The van der Waals surface area contributed by atoms with Crippen LogP contribution < -0.4 is 23.3 Å². The minimum absolute atomic E-state index is 0.00234. The number of hydrogen-bond donors (Lipinski definition) is 0. The second-order valence-electron chi connectivity index (χ2n) is 9.02. The third-order valence-electron chi connectivity index (χ3n) is 6.68. The highest BCUT2D eigenvalue weighted by atomic mass is 35.5. The van der Waals surface area contributed by atoms with Gasteiger partial charge in [0, 0.05) is 28.3 Å². The second-order valence-corrected chi connectivity index (χ2v) is 11.6. The quantitative estimate of drug-likeness (QED) is 0.163. The van der Waals surface area contributed by atoms with E-state index in [1.54, 1.807) is 30.3 Å². The van der Waals surface area contributed by atoms with Crippen molar-refractivity contribution >= 4 is 51.0 Å². The van der Waals surface area contributed by atoms with Crippen LogP contribution in [0.4, 0.5) is 10.5 Å². The van der Waals surface area contributed by atoms with Crippen LogP contribution in [-0.2, 0) is 25.2 Å². The van der Waals surface area contributed by atoms with Gasteiger partial charge in [-0.1, -0.05) is 59.6 Å². The molecule has 0 saturated carbocycles. The molecule has 1 atom stereocenters. The predicted molar refractivity (Wildman–Crippen MR) is 158 cm³/mol. The van der Waals surface area contributed by atoms with Crippen LogP contribution in [0.5, 0.6) is 23.0 Å². The van der Waals surface area contributed by atoms with Crippen molar-refractivity contribution in [1.82, 2.24) is 0 Å². The first kappa shape index (κ1) is 30.0. The fraction of sp³-hybridized carbons (Fsp3) is 0.133. The van der Waals surface area contributed by atoms with Gasteiger partial charge in [0.1, 0.15) is 27.9 Å². The van der Waals surface area contributed by atoms with Crippen LogP contribution in [0, 0.1) is 0 Å². The van der Waals surface area contributed by atoms with E-state index in [-0.39, 0.29) is 49.0 Å². The van der Waals surface area contributed by atoms with Crippen LogP contribution in [0.1, 0.15) is 11.1 Å². The number of benzene rings is 4. The van der Waals surface area contributed by atoms with Crippen LogP contribution in [0.3, 0.4) is 0 Å². The summed E-state index contributed by atoms with van der Waals surface area (Å²) in [4.78, 5) is 27.6. The summed E-state index contributed by atoms with van der Waals surface area (Å²) in [6.45, 7) is 0. The van der Waals surface area contributed by atoms with Crippen LogP contribution in [0.25, 0.3) is 0 Å². The number of amides is 1. The number of rotatable bonds is 8. The SMILES string of the molecule is COc1ccc(S(=O)(=O)N2C(=O)C(OC(=O)Oc3ccccc3)(c3ccccc3Cl)c3cc(Cl)c(OC)cc32)c(OC)c1. The Morgan fingerprint density at radius 1 is 0.744 bits per heavy atom. The average molecular weight is 644 g/mol. The number of sulfonamides is 1. The van der Waals surface area contributed by atoms with Crippen molar-refractivity contribution in [1.29, 1.82) is 0 Å². The molecule has 0 fully saturated rings. The molecular weight excluding hydrogens is 621 g/mol. The first-order valence-electron chi connectivity index (χ1n) is 12.5. The monoisotopic (exact) mass is 643 g/mol. The lowest BCUT2D eigenvalue weighted by Gasteiger charge is -2.29. The molecule has 10 nitrogen and oxygen atoms in total. The number of methoxy groups -OCH3 is 3. The molecule has 1 aliphatic heterocycles. The largest absolute Gasteiger partial charge is 0.515 e. The number of nitrogens with zero attached hydrogens (tertiary/aromatic N) is 1. The van der Waals surface area contributed by atoms with Gasteiger partial charge in [-0.25, -0.2) is 13.2 Å². The van der Waals surface area contributed by atoms with Gasteiger partial charge < -0.3 is 23.7 Å². The lowest BCUT2D eigenvalue weighted by molar-refractivity contribution is -0.132. The van der Waals surface area contributed by atoms with Gasteiger partial charge in [0.05, 0.1) is 32.0 Å². The maximum atomic E-state index is 14.7. The Morgan fingerprint density at radius 3 is 2.07 bits per heavy atom. The van der Waals surface area contributed by atoms with Gasteiger partial charge in [-0.3, -0.25) is 4.79 Å². The van der Waals surface area contributed by atoms with E-state index in [1.807, 2.05) is 0 Å². The highest BCUT2D eigenvalue weighted by molar-refractivity contribution is 7.93. The fourth-order valence-corrected chi connectivity index (χ4v) is 6.83. The molecule has 43 heavy (non-hydrogen) atoms. The highest BCUT2D eigenvalue weighted by Crippen LogP contribution is 2.53. The number of hydrogen-bond acceptors (Lipinski definition) is 9. The number of para-hydroxylation sites is 1.